The maximum Gasteiger partial charge on any atom is 0.117 e. The second kappa shape index (κ2) is 5.90. The molecule has 4 nitrogen and oxygen atoms in total. The number of allylic oxidation sites excluding steroid dienone is 1. The summed E-state index contributed by atoms with van der Waals surface area (Å²) in [6.45, 7) is 5.49. The second-order valence-electron chi connectivity index (χ2n) is 3.70. The molecule has 0 spiro atoms. The quantitative estimate of drug-likeness (QED) is 0.555. The Morgan fingerprint density at radius 1 is 1.19 bits per heavy atom. The van der Waals surface area contributed by atoms with Gasteiger partial charge >= 0.3 is 0 Å². The van der Waals surface area contributed by atoms with Gasteiger partial charge in [0.1, 0.15) is 11.4 Å². The van der Waals surface area contributed by atoms with Crippen LogP contribution in [0, 0.1) is 4.91 Å². The molecule has 16 heavy (non-hydrogen) atoms. The van der Waals surface area contributed by atoms with Crippen molar-refractivity contribution >= 4 is 5.70 Å². The highest BCUT2D eigenvalue weighted by molar-refractivity contribution is 5.66. The molecule has 84 valence electrons. The number of hydrogen-bond acceptors (Lipinski definition) is 4. The lowest BCUT2D eigenvalue weighted by atomic mass is 10.1. The first-order chi connectivity index (χ1) is 7.65. The first-order valence-corrected chi connectivity index (χ1v) is 5.15. The lowest BCUT2D eigenvalue weighted by Gasteiger charge is -2.02. The molecule has 1 rings (SSSR count). The standard InChI is InChI=1S/C12H15N3O/c1-9(2)13-14-12(10(3)15-16)11-7-5-4-6-8-11/h4-9H,1-3H3. The summed E-state index contributed by atoms with van der Waals surface area (Å²) in [6.07, 6.45) is 0. The zero-order valence-electron chi connectivity index (χ0n) is 9.71. The molecule has 0 fully saturated rings. The summed E-state index contributed by atoms with van der Waals surface area (Å²) in [4.78, 5) is 10.6. The van der Waals surface area contributed by atoms with Gasteiger partial charge in [0.15, 0.2) is 0 Å². The zero-order chi connectivity index (χ0) is 12.0. The normalized spacial score (nSPS) is 13.0. The number of nitrogens with zero attached hydrogens (tertiary/aromatic N) is 3. The summed E-state index contributed by atoms with van der Waals surface area (Å²) >= 11 is 0. The molecule has 0 saturated carbocycles. The van der Waals surface area contributed by atoms with E-state index in [1.165, 1.54) is 0 Å². The van der Waals surface area contributed by atoms with Crippen LogP contribution in [0.2, 0.25) is 0 Å². The van der Waals surface area contributed by atoms with E-state index in [-0.39, 0.29) is 6.04 Å². The van der Waals surface area contributed by atoms with Gasteiger partial charge in [-0.15, -0.1) is 4.91 Å². The average Bonchev–Trinajstić information content (AvgIpc) is 2.30. The maximum absolute atomic E-state index is 10.6. The molecule has 0 N–H and O–H groups in total. The number of rotatable bonds is 4. The van der Waals surface area contributed by atoms with E-state index in [0.29, 0.717) is 11.4 Å². The summed E-state index contributed by atoms with van der Waals surface area (Å²) in [6, 6.07) is 9.53. The molecule has 0 aromatic heterocycles. The SMILES string of the molecule is CC(N=O)=C(N=NC(C)C)c1ccccc1. The molecular formula is C12H15N3O. The molecule has 0 aliphatic heterocycles. The van der Waals surface area contributed by atoms with Crippen molar-refractivity contribution in [2.75, 3.05) is 0 Å². The van der Waals surface area contributed by atoms with E-state index in [9.17, 15) is 4.91 Å². The van der Waals surface area contributed by atoms with Crippen molar-refractivity contribution in [3.63, 3.8) is 0 Å². The summed E-state index contributed by atoms with van der Waals surface area (Å²) in [5, 5.41) is 11.0. The van der Waals surface area contributed by atoms with Crippen molar-refractivity contribution in [3.05, 3.63) is 46.5 Å². The summed E-state index contributed by atoms with van der Waals surface area (Å²) < 4.78 is 0. The van der Waals surface area contributed by atoms with Gasteiger partial charge < -0.3 is 0 Å². The average molecular weight is 217 g/mol. The van der Waals surface area contributed by atoms with Crippen LogP contribution in [-0.4, -0.2) is 6.04 Å². The van der Waals surface area contributed by atoms with E-state index in [4.69, 9.17) is 0 Å². The molecule has 1 aromatic carbocycles. The molecular weight excluding hydrogens is 202 g/mol. The van der Waals surface area contributed by atoms with Gasteiger partial charge in [0.25, 0.3) is 0 Å². The van der Waals surface area contributed by atoms with Gasteiger partial charge in [-0.1, -0.05) is 30.3 Å². The highest BCUT2D eigenvalue weighted by atomic mass is 16.3. The minimum atomic E-state index is 0.0955. The van der Waals surface area contributed by atoms with Gasteiger partial charge in [-0.2, -0.15) is 10.2 Å². The molecule has 0 saturated heterocycles. The van der Waals surface area contributed by atoms with E-state index < -0.39 is 0 Å². The third-order valence-corrected chi connectivity index (χ3v) is 1.92. The fourth-order valence-corrected chi connectivity index (χ4v) is 1.15. The van der Waals surface area contributed by atoms with Crippen LogP contribution in [0.3, 0.4) is 0 Å². The number of azo groups is 1. The van der Waals surface area contributed by atoms with Crippen LogP contribution in [0.5, 0.6) is 0 Å². The third-order valence-electron chi connectivity index (χ3n) is 1.92. The molecule has 0 radical (unpaired) electrons. The number of nitroso groups, excluding NO2 is 1. The first-order valence-electron chi connectivity index (χ1n) is 5.15. The van der Waals surface area contributed by atoms with Gasteiger partial charge in [0.2, 0.25) is 0 Å². The van der Waals surface area contributed by atoms with Crippen molar-refractivity contribution in [3.8, 4) is 0 Å². The Morgan fingerprint density at radius 2 is 1.81 bits per heavy atom. The van der Waals surface area contributed by atoms with Crippen LogP contribution < -0.4 is 0 Å². The Kier molecular flexibility index (Phi) is 4.51. The van der Waals surface area contributed by atoms with Crippen LogP contribution in [0.25, 0.3) is 5.70 Å². The van der Waals surface area contributed by atoms with E-state index in [1.807, 2.05) is 44.2 Å². The molecule has 0 unspecified atom stereocenters. The second-order valence-corrected chi connectivity index (χ2v) is 3.70. The van der Waals surface area contributed by atoms with Gasteiger partial charge in [-0.3, -0.25) is 0 Å². The van der Waals surface area contributed by atoms with Crippen molar-refractivity contribution in [2.45, 2.75) is 26.8 Å². The van der Waals surface area contributed by atoms with Crippen molar-refractivity contribution in [1.82, 2.24) is 0 Å². The molecule has 1 aromatic rings. The van der Waals surface area contributed by atoms with Crippen LogP contribution in [-0.2, 0) is 0 Å². The largest absolute Gasteiger partial charge is 0.186 e. The summed E-state index contributed by atoms with van der Waals surface area (Å²) in [7, 11) is 0. The van der Waals surface area contributed by atoms with Gasteiger partial charge in [-0.05, 0) is 25.9 Å². The van der Waals surface area contributed by atoms with Crippen LogP contribution in [0.4, 0.5) is 0 Å². The molecule has 0 atom stereocenters. The molecule has 0 bridgehead atoms. The van der Waals surface area contributed by atoms with E-state index in [1.54, 1.807) is 6.92 Å². The minimum absolute atomic E-state index is 0.0955. The highest BCUT2D eigenvalue weighted by Gasteiger charge is 2.05. The van der Waals surface area contributed by atoms with Crippen LogP contribution in [0.15, 0.2) is 51.4 Å². The lowest BCUT2D eigenvalue weighted by Crippen LogP contribution is -1.88. The first kappa shape index (κ1) is 12.2. The summed E-state index contributed by atoms with van der Waals surface area (Å²) in [5.74, 6) is 0. The van der Waals surface area contributed by atoms with Crippen molar-refractivity contribution in [1.29, 1.82) is 0 Å². The van der Waals surface area contributed by atoms with Gasteiger partial charge in [0, 0.05) is 5.56 Å². The monoisotopic (exact) mass is 217 g/mol. The van der Waals surface area contributed by atoms with Gasteiger partial charge in [-0.25, -0.2) is 0 Å². The maximum atomic E-state index is 10.6. The minimum Gasteiger partial charge on any atom is -0.186 e. The zero-order valence-corrected chi connectivity index (χ0v) is 9.71. The molecule has 0 heterocycles. The van der Waals surface area contributed by atoms with E-state index in [2.05, 4.69) is 15.4 Å². The third kappa shape index (κ3) is 3.38. The topological polar surface area (TPSA) is 54.1 Å². The summed E-state index contributed by atoms with van der Waals surface area (Å²) in [5.41, 5.74) is 1.73. The Labute approximate surface area is 95.1 Å². The Hall–Kier alpha value is -1.84. The molecule has 0 aliphatic rings. The fourth-order valence-electron chi connectivity index (χ4n) is 1.15. The Balaban J connectivity index is 3.13. The Morgan fingerprint density at radius 3 is 2.31 bits per heavy atom. The van der Waals surface area contributed by atoms with Crippen molar-refractivity contribution < 1.29 is 0 Å². The Bertz CT molecular complexity index is 408. The molecule has 0 amide bonds. The predicted octanol–water partition coefficient (Wildman–Crippen LogP) is 4.00. The van der Waals surface area contributed by atoms with Gasteiger partial charge in [0.05, 0.1) is 6.04 Å². The van der Waals surface area contributed by atoms with Crippen molar-refractivity contribution in [2.24, 2.45) is 15.4 Å². The van der Waals surface area contributed by atoms with Crippen LogP contribution >= 0.6 is 0 Å². The van der Waals surface area contributed by atoms with Crippen LogP contribution in [0.1, 0.15) is 26.3 Å². The molecule has 0 aliphatic carbocycles. The number of benzene rings is 1. The fraction of sp³-hybridized carbons (Fsp3) is 0.333. The number of hydrogen-bond donors (Lipinski definition) is 0. The lowest BCUT2D eigenvalue weighted by molar-refractivity contribution is 0.779. The highest BCUT2D eigenvalue weighted by Crippen LogP contribution is 2.21. The molecule has 4 heteroatoms. The van der Waals surface area contributed by atoms with E-state index >= 15 is 0 Å². The van der Waals surface area contributed by atoms with E-state index in [0.717, 1.165) is 5.56 Å². The predicted molar refractivity (Wildman–Crippen MR) is 64.8 cm³/mol. The smallest absolute Gasteiger partial charge is 0.117 e.